The molecule has 86 valence electrons. The minimum atomic E-state index is -1.10. The molecule has 6 nitrogen and oxygen atoms in total. The molecule has 0 atom stereocenters. The first-order valence-corrected chi connectivity index (χ1v) is 5.65. The first kappa shape index (κ1) is 11.0. The van der Waals surface area contributed by atoms with Gasteiger partial charge in [0.15, 0.2) is 0 Å². The van der Waals surface area contributed by atoms with Gasteiger partial charge in [-0.15, -0.1) is 0 Å². The monoisotopic (exact) mass is 241 g/mol. The highest BCUT2D eigenvalue weighted by Gasteiger charge is 2.25. The molecule has 2 rings (SSSR count). The number of rotatable bonds is 2. The molecule has 16 heavy (non-hydrogen) atoms. The van der Waals surface area contributed by atoms with Crippen molar-refractivity contribution in [2.45, 2.75) is 0 Å². The number of carboxylic acids is 1. The summed E-state index contributed by atoms with van der Waals surface area (Å²) in [5.74, 6) is -1.34. The molecule has 1 aromatic heterocycles. The molecule has 0 spiro atoms. The highest BCUT2D eigenvalue weighted by molar-refractivity contribution is 7.08. The number of piperazine rings is 1. The number of hydrogen-bond acceptors (Lipinski definition) is 5. The van der Waals surface area contributed by atoms with Crippen LogP contribution in [0.5, 0.6) is 0 Å². The first-order valence-electron chi connectivity index (χ1n) is 4.88. The molecule has 1 aromatic rings. The van der Waals surface area contributed by atoms with Crippen LogP contribution in [-0.4, -0.2) is 52.4 Å². The van der Waals surface area contributed by atoms with Gasteiger partial charge in [-0.1, -0.05) is 0 Å². The lowest BCUT2D eigenvalue weighted by atomic mass is 10.2. The molecule has 2 N–H and O–H groups in total. The molecular weight excluding hydrogens is 230 g/mol. The van der Waals surface area contributed by atoms with E-state index in [0.717, 1.165) is 24.6 Å². The minimum absolute atomic E-state index is 0.00599. The van der Waals surface area contributed by atoms with Crippen LogP contribution in [0.3, 0.4) is 0 Å². The largest absolute Gasteiger partial charge is 0.478 e. The standard InChI is InChI=1S/C9H11N3O3S/c13-8(12-3-1-10-2-4-12)7-6(9(14)15)5-11-16-7/h5,10H,1-4H2,(H,14,15). The number of aromatic carboxylic acids is 1. The van der Waals surface area contributed by atoms with Gasteiger partial charge in [0.2, 0.25) is 0 Å². The lowest BCUT2D eigenvalue weighted by molar-refractivity contribution is 0.0673. The molecule has 0 aromatic carbocycles. The Kier molecular flexibility index (Phi) is 3.16. The van der Waals surface area contributed by atoms with Crippen LogP contribution >= 0.6 is 11.5 Å². The molecule has 0 bridgehead atoms. The van der Waals surface area contributed by atoms with Crippen molar-refractivity contribution in [3.63, 3.8) is 0 Å². The first-order chi connectivity index (χ1) is 7.70. The van der Waals surface area contributed by atoms with Gasteiger partial charge >= 0.3 is 5.97 Å². The molecule has 0 unspecified atom stereocenters. The van der Waals surface area contributed by atoms with Crippen molar-refractivity contribution in [1.29, 1.82) is 0 Å². The lowest BCUT2D eigenvalue weighted by Gasteiger charge is -2.26. The molecule has 1 aliphatic heterocycles. The summed E-state index contributed by atoms with van der Waals surface area (Å²) in [6.45, 7) is 2.70. The zero-order valence-electron chi connectivity index (χ0n) is 8.47. The fourth-order valence-corrected chi connectivity index (χ4v) is 2.27. The lowest BCUT2D eigenvalue weighted by Crippen LogP contribution is -2.46. The van der Waals surface area contributed by atoms with Gasteiger partial charge in [-0.2, -0.15) is 4.37 Å². The third-order valence-electron chi connectivity index (χ3n) is 2.40. The number of amides is 1. The molecular formula is C9H11N3O3S. The molecule has 1 saturated heterocycles. The maximum atomic E-state index is 12.0. The number of nitrogens with one attached hydrogen (secondary N) is 1. The van der Waals surface area contributed by atoms with Gasteiger partial charge in [0.1, 0.15) is 10.4 Å². The second-order valence-electron chi connectivity index (χ2n) is 3.42. The van der Waals surface area contributed by atoms with Gasteiger partial charge in [-0.05, 0) is 11.5 Å². The quantitative estimate of drug-likeness (QED) is 0.754. The molecule has 0 radical (unpaired) electrons. The predicted octanol–water partition coefficient (Wildman–Crippen LogP) is -0.113. The molecule has 7 heteroatoms. The third kappa shape index (κ3) is 2.05. The Morgan fingerprint density at radius 1 is 1.44 bits per heavy atom. The van der Waals surface area contributed by atoms with Crippen molar-refractivity contribution < 1.29 is 14.7 Å². The zero-order valence-corrected chi connectivity index (χ0v) is 9.29. The maximum Gasteiger partial charge on any atom is 0.339 e. The van der Waals surface area contributed by atoms with Gasteiger partial charge in [-0.25, -0.2) is 4.79 Å². The van der Waals surface area contributed by atoms with E-state index in [4.69, 9.17) is 5.11 Å². The summed E-state index contributed by atoms with van der Waals surface area (Å²) in [6, 6.07) is 0. The molecule has 1 fully saturated rings. The molecule has 0 saturated carbocycles. The highest BCUT2D eigenvalue weighted by atomic mass is 32.1. The van der Waals surface area contributed by atoms with E-state index >= 15 is 0 Å². The van der Waals surface area contributed by atoms with Crippen LogP contribution < -0.4 is 5.32 Å². The third-order valence-corrected chi connectivity index (χ3v) is 3.19. The Bertz CT molecular complexity index is 412. The summed E-state index contributed by atoms with van der Waals surface area (Å²) >= 11 is 0.937. The smallest absolute Gasteiger partial charge is 0.339 e. The number of nitrogens with zero attached hydrogens (tertiary/aromatic N) is 2. The Morgan fingerprint density at radius 2 is 2.12 bits per heavy atom. The predicted molar refractivity (Wildman–Crippen MR) is 57.8 cm³/mol. The van der Waals surface area contributed by atoms with E-state index in [1.807, 2.05) is 0 Å². The normalized spacial score (nSPS) is 16.1. The highest BCUT2D eigenvalue weighted by Crippen LogP contribution is 2.16. The minimum Gasteiger partial charge on any atom is -0.478 e. The maximum absolute atomic E-state index is 12.0. The molecule has 0 aliphatic carbocycles. The Morgan fingerprint density at radius 3 is 2.75 bits per heavy atom. The Labute approximate surface area is 96.0 Å². The SMILES string of the molecule is O=C(O)c1cnsc1C(=O)N1CCNCC1. The van der Waals surface area contributed by atoms with Crippen molar-refractivity contribution in [3.05, 3.63) is 16.6 Å². The van der Waals surface area contributed by atoms with Crippen molar-refractivity contribution in [2.24, 2.45) is 0 Å². The molecule has 1 amide bonds. The van der Waals surface area contributed by atoms with Gasteiger partial charge in [0.25, 0.3) is 5.91 Å². The topological polar surface area (TPSA) is 82.5 Å². The van der Waals surface area contributed by atoms with Gasteiger partial charge < -0.3 is 15.3 Å². The van der Waals surface area contributed by atoms with Crippen molar-refractivity contribution in [1.82, 2.24) is 14.6 Å². The van der Waals surface area contributed by atoms with E-state index in [1.54, 1.807) is 4.90 Å². The van der Waals surface area contributed by atoms with Crippen LogP contribution in [0.1, 0.15) is 20.0 Å². The summed E-state index contributed by atoms with van der Waals surface area (Å²) in [4.78, 5) is 24.7. The van der Waals surface area contributed by atoms with Crippen LogP contribution in [0, 0.1) is 0 Å². The van der Waals surface area contributed by atoms with E-state index in [-0.39, 0.29) is 16.3 Å². The van der Waals surface area contributed by atoms with Crippen LogP contribution in [0.2, 0.25) is 0 Å². The van der Waals surface area contributed by atoms with Crippen molar-refractivity contribution in [3.8, 4) is 0 Å². The van der Waals surface area contributed by atoms with E-state index in [1.165, 1.54) is 6.20 Å². The van der Waals surface area contributed by atoms with E-state index in [0.29, 0.717) is 13.1 Å². The van der Waals surface area contributed by atoms with Crippen LogP contribution in [0.15, 0.2) is 6.20 Å². The van der Waals surface area contributed by atoms with Gasteiger partial charge in [0.05, 0.1) is 6.20 Å². The Balaban J connectivity index is 2.19. The average Bonchev–Trinajstić information content (AvgIpc) is 2.78. The summed E-state index contributed by atoms with van der Waals surface area (Å²) in [5, 5.41) is 12.0. The summed E-state index contributed by atoms with van der Waals surface area (Å²) in [6.07, 6.45) is 1.22. The average molecular weight is 241 g/mol. The Hall–Kier alpha value is -1.47. The fraction of sp³-hybridized carbons (Fsp3) is 0.444. The van der Waals surface area contributed by atoms with Crippen molar-refractivity contribution >= 4 is 23.4 Å². The van der Waals surface area contributed by atoms with Crippen LogP contribution in [0.4, 0.5) is 0 Å². The number of carbonyl (C=O) groups excluding carboxylic acids is 1. The summed E-state index contributed by atoms with van der Waals surface area (Å²) < 4.78 is 3.76. The molecule has 2 heterocycles. The summed E-state index contributed by atoms with van der Waals surface area (Å²) in [5.41, 5.74) is -0.00599. The van der Waals surface area contributed by atoms with Gasteiger partial charge in [-0.3, -0.25) is 4.79 Å². The van der Waals surface area contributed by atoms with Crippen molar-refractivity contribution in [2.75, 3.05) is 26.2 Å². The van der Waals surface area contributed by atoms with E-state index < -0.39 is 5.97 Å². The van der Waals surface area contributed by atoms with Gasteiger partial charge in [0, 0.05) is 26.2 Å². The fourth-order valence-electron chi connectivity index (χ4n) is 1.56. The van der Waals surface area contributed by atoms with Crippen LogP contribution in [-0.2, 0) is 0 Å². The number of carboxylic acid groups (broad SMARTS) is 1. The second-order valence-corrected chi connectivity index (χ2v) is 4.22. The number of aromatic nitrogens is 1. The second kappa shape index (κ2) is 4.58. The molecule has 1 aliphatic rings. The zero-order chi connectivity index (χ0) is 11.5. The number of carbonyl (C=O) groups is 2. The summed E-state index contributed by atoms with van der Waals surface area (Å²) in [7, 11) is 0. The van der Waals surface area contributed by atoms with E-state index in [9.17, 15) is 9.59 Å². The van der Waals surface area contributed by atoms with Crippen LogP contribution in [0.25, 0.3) is 0 Å². The number of hydrogen-bond donors (Lipinski definition) is 2. The van der Waals surface area contributed by atoms with E-state index in [2.05, 4.69) is 9.69 Å².